The summed E-state index contributed by atoms with van der Waals surface area (Å²) >= 11 is 8.08. The summed E-state index contributed by atoms with van der Waals surface area (Å²) in [7, 11) is 0. The Morgan fingerprint density at radius 3 is 2.74 bits per heavy atom. The van der Waals surface area contributed by atoms with E-state index in [-0.39, 0.29) is 11.8 Å². The van der Waals surface area contributed by atoms with Crippen LogP contribution in [0.2, 0.25) is 5.02 Å². The van der Waals surface area contributed by atoms with Crippen molar-refractivity contribution in [3.05, 3.63) is 50.8 Å². The summed E-state index contributed by atoms with van der Waals surface area (Å²) in [4.78, 5) is 4.24. The molecule has 3 aromatic rings. The number of benzene rings is 2. The van der Waals surface area contributed by atoms with E-state index in [2.05, 4.69) is 4.98 Å². The first-order chi connectivity index (χ1) is 9.08. The predicted octanol–water partition coefficient (Wildman–Crippen LogP) is 4.00. The number of imidazole rings is 1. The predicted molar refractivity (Wildman–Crippen MR) is 83.2 cm³/mol. The first kappa shape index (κ1) is 12.7. The number of hydrogen-bond donors (Lipinski definition) is 1. The summed E-state index contributed by atoms with van der Waals surface area (Å²) in [6, 6.07) is 10.3. The van der Waals surface area contributed by atoms with Crippen LogP contribution in [-0.4, -0.2) is 9.55 Å². The minimum Gasteiger partial charge on any atom is -0.369 e. The van der Waals surface area contributed by atoms with Crippen molar-refractivity contribution in [2.75, 3.05) is 5.73 Å². The molecule has 0 radical (unpaired) electrons. The fourth-order valence-electron chi connectivity index (χ4n) is 1.98. The van der Waals surface area contributed by atoms with E-state index in [1.165, 1.54) is 6.07 Å². The van der Waals surface area contributed by atoms with Gasteiger partial charge in [-0.25, -0.2) is 9.37 Å². The Hall–Kier alpha value is -1.34. The third-order valence-electron chi connectivity index (χ3n) is 2.82. The van der Waals surface area contributed by atoms with Crippen LogP contribution in [0.1, 0.15) is 0 Å². The number of hydrogen-bond acceptors (Lipinski definition) is 2. The molecule has 0 fully saturated rings. The summed E-state index contributed by atoms with van der Waals surface area (Å²) < 4.78 is 15.9. The van der Waals surface area contributed by atoms with E-state index in [0.717, 1.165) is 0 Å². The van der Waals surface area contributed by atoms with Gasteiger partial charge in [0.25, 0.3) is 0 Å². The minimum absolute atomic E-state index is 0.282. The minimum atomic E-state index is -0.304. The van der Waals surface area contributed by atoms with Crippen molar-refractivity contribution in [3.63, 3.8) is 0 Å². The number of nitrogen functional groups attached to an aromatic ring is 1. The molecule has 6 heteroatoms. The Bertz CT molecular complexity index is 785. The maximum atomic E-state index is 13.7. The van der Waals surface area contributed by atoms with E-state index in [0.29, 0.717) is 25.3 Å². The molecule has 2 aromatic carbocycles. The number of aromatic nitrogens is 2. The number of halogens is 3. The van der Waals surface area contributed by atoms with Crippen LogP contribution >= 0.6 is 34.2 Å². The number of fused-ring (bicyclic) bond motifs is 1. The Kier molecular flexibility index (Phi) is 3.10. The highest BCUT2D eigenvalue weighted by Crippen LogP contribution is 2.29. The van der Waals surface area contributed by atoms with Crippen LogP contribution in [0.5, 0.6) is 0 Å². The molecule has 0 aliphatic carbocycles. The van der Waals surface area contributed by atoms with Crippen molar-refractivity contribution in [2.45, 2.75) is 0 Å². The molecule has 96 valence electrons. The lowest BCUT2D eigenvalue weighted by molar-refractivity contribution is 0.622. The SMILES string of the molecule is Nc1nc2cc(I)c(F)cc2n1-c1ccccc1Cl. The zero-order valence-corrected chi connectivity index (χ0v) is 12.5. The van der Waals surface area contributed by atoms with E-state index in [1.807, 2.05) is 40.8 Å². The second-order valence-corrected chi connectivity index (χ2v) is 5.58. The molecular weight excluding hydrogens is 380 g/mol. The lowest BCUT2D eigenvalue weighted by atomic mass is 10.2. The van der Waals surface area contributed by atoms with Gasteiger partial charge in [0.2, 0.25) is 5.95 Å². The van der Waals surface area contributed by atoms with Gasteiger partial charge in [0.15, 0.2) is 0 Å². The number of anilines is 1. The Labute approximate surface area is 127 Å². The zero-order chi connectivity index (χ0) is 13.6. The first-order valence-corrected chi connectivity index (χ1v) is 6.91. The molecule has 0 aliphatic rings. The fourth-order valence-corrected chi connectivity index (χ4v) is 2.65. The molecule has 3 rings (SSSR count). The topological polar surface area (TPSA) is 43.8 Å². The molecule has 0 saturated heterocycles. The van der Waals surface area contributed by atoms with Gasteiger partial charge in [-0.1, -0.05) is 23.7 Å². The van der Waals surface area contributed by atoms with Gasteiger partial charge in [-0.2, -0.15) is 0 Å². The largest absolute Gasteiger partial charge is 0.369 e. The molecule has 0 atom stereocenters. The molecule has 0 spiro atoms. The highest BCUT2D eigenvalue weighted by Gasteiger charge is 2.14. The normalized spacial score (nSPS) is 11.1. The maximum absolute atomic E-state index is 13.7. The van der Waals surface area contributed by atoms with Crippen LogP contribution < -0.4 is 5.73 Å². The zero-order valence-electron chi connectivity index (χ0n) is 9.57. The van der Waals surface area contributed by atoms with Gasteiger partial charge in [0.05, 0.1) is 25.3 Å². The average molecular weight is 388 g/mol. The van der Waals surface area contributed by atoms with Crippen molar-refractivity contribution in [1.29, 1.82) is 0 Å². The number of para-hydroxylation sites is 1. The van der Waals surface area contributed by atoms with Crippen molar-refractivity contribution in [2.24, 2.45) is 0 Å². The van der Waals surface area contributed by atoms with Crippen LogP contribution in [-0.2, 0) is 0 Å². The van der Waals surface area contributed by atoms with Crippen molar-refractivity contribution in [1.82, 2.24) is 9.55 Å². The third kappa shape index (κ3) is 2.06. The molecule has 0 saturated carbocycles. The molecular formula is C13H8ClFIN3. The first-order valence-electron chi connectivity index (χ1n) is 5.46. The van der Waals surface area contributed by atoms with Crippen LogP contribution in [0.3, 0.4) is 0 Å². The van der Waals surface area contributed by atoms with Crippen molar-refractivity contribution >= 4 is 51.2 Å². The van der Waals surface area contributed by atoms with Gasteiger partial charge < -0.3 is 5.73 Å². The van der Waals surface area contributed by atoms with Crippen LogP contribution in [0.25, 0.3) is 16.7 Å². The summed E-state index contributed by atoms with van der Waals surface area (Å²) in [6.07, 6.45) is 0. The van der Waals surface area contributed by atoms with E-state index < -0.39 is 0 Å². The van der Waals surface area contributed by atoms with Crippen LogP contribution in [0, 0.1) is 9.39 Å². The van der Waals surface area contributed by atoms with Crippen LogP contribution in [0.4, 0.5) is 10.3 Å². The van der Waals surface area contributed by atoms with Crippen molar-refractivity contribution < 1.29 is 4.39 Å². The van der Waals surface area contributed by atoms with Crippen molar-refractivity contribution in [3.8, 4) is 5.69 Å². The van der Waals surface area contributed by atoms with Gasteiger partial charge in [-0.15, -0.1) is 0 Å². The molecule has 0 aliphatic heterocycles. The van der Waals surface area contributed by atoms with E-state index in [9.17, 15) is 4.39 Å². The Morgan fingerprint density at radius 2 is 2.00 bits per heavy atom. The van der Waals surface area contributed by atoms with Gasteiger partial charge >= 0.3 is 0 Å². The quantitative estimate of drug-likeness (QED) is 0.641. The number of nitrogens with zero attached hydrogens (tertiary/aromatic N) is 2. The van der Waals surface area contributed by atoms with E-state index in [1.54, 1.807) is 16.7 Å². The fraction of sp³-hybridized carbons (Fsp3) is 0. The average Bonchev–Trinajstić information content (AvgIpc) is 2.66. The molecule has 0 amide bonds. The van der Waals surface area contributed by atoms with Crippen LogP contribution in [0.15, 0.2) is 36.4 Å². The molecule has 3 nitrogen and oxygen atoms in total. The second kappa shape index (κ2) is 4.64. The summed E-state index contributed by atoms with van der Waals surface area (Å²) in [5, 5.41) is 0.535. The Morgan fingerprint density at radius 1 is 1.26 bits per heavy atom. The Balaban J connectivity index is 2.38. The highest BCUT2D eigenvalue weighted by atomic mass is 127. The smallest absolute Gasteiger partial charge is 0.205 e. The molecule has 1 heterocycles. The third-order valence-corrected chi connectivity index (χ3v) is 3.96. The van der Waals surface area contributed by atoms with E-state index >= 15 is 0 Å². The van der Waals surface area contributed by atoms with Gasteiger partial charge in [-0.05, 0) is 40.8 Å². The lowest BCUT2D eigenvalue weighted by Gasteiger charge is -2.08. The molecule has 2 N–H and O–H groups in total. The highest BCUT2D eigenvalue weighted by molar-refractivity contribution is 14.1. The van der Waals surface area contributed by atoms with E-state index in [4.69, 9.17) is 17.3 Å². The summed E-state index contributed by atoms with van der Waals surface area (Å²) in [5.41, 5.74) is 7.85. The summed E-state index contributed by atoms with van der Waals surface area (Å²) in [5.74, 6) is -0.0224. The van der Waals surface area contributed by atoms with Gasteiger partial charge in [0.1, 0.15) is 5.82 Å². The monoisotopic (exact) mass is 387 g/mol. The molecule has 0 bridgehead atoms. The number of nitrogens with two attached hydrogens (primary N) is 1. The van der Waals surface area contributed by atoms with Gasteiger partial charge in [-0.3, -0.25) is 4.57 Å². The summed E-state index contributed by atoms with van der Waals surface area (Å²) in [6.45, 7) is 0. The molecule has 1 aromatic heterocycles. The molecule has 19 heavy (non-hydrogen) atoms. The molecule has 0 unspecified atom stereocenters. The number of rotatable bonds is 1. The second-order valence-electron chi connectivity index (χ2n) is 4.01. The lowest BCUT2D eigenvalue weighted by Crippen LogP contribution is -2.01. The maximum Gasteiger partial charge on any atom is 0.205 e. The van der Waals surface area contributed by atoms with Gasteiger partial charge in [0, 0.05) is 6.07 Å². The standard InChI is InChI=1S/C13H8ClFIN3/c14-7-3-1-2-4-11(7)19-12-5-8(15)9(16)6-10(12)18-13(19)17/h1-6H,(H2,17,18).